The van der Waals surface area contributed by atoms with Crippen LogP contribution in [0.3, 0.4) is 0 Å². The molecule has 0 spiro atoms. The first-order valence-electron chi connectivity index (χ1n) is 7.73. The van der Waals surface area contributed by atoms with Gasteiger partial charge in [0, 0.05) is 4.90 Å². The topological polar surface area (TPSA) is 38.3 Å². The molecule has 0 aliphatic carbocycles. The number of nitrogens with one attached hydrogen (secondary N) is 1. The monoisotopic (exact) mass is 329 g/mol. The van der Waals surface area contributed by atoms with Gasteiger partial charge in [0.15, 0.2) is 6.10 Å². The van der Waals surface area contributed by atoms with Crippen molar-refractivity contribution >= 4 is 23.4 Å². The lowest BCUT2D eigenvalue weighted by atomic mass is 10.1. The van der Waals surface area contributed by atoms with Gasteiger partial charge in [-0.05, 0) is 61.9 Å². The van der Waals surface area contributed by atoms with Crippen LogP contribution in [0.5, 0.6) is 5.75 Å². The largest absolute Gasteiger partial charge is 0.481 e. The van der Waals surface area contributed by atoms with Crippen LogP contribution in [-0.2, 0) is 4.79 Å². The van der Waals surface area contributed by atoms with Gasteiger partial charge in [0.25, 0.3) is 5.91 Å². The molecule has 3 nitrogen and oxygen atoms in total. The molecule has 122 valence electrons. The highest BCUT2D eigenvalue weighted by Crippen LogP contribution is 2.25. The summed E-state index contributed by atoms with van der Waals surface area (Å²) >= 11 is 1.61. The first kappa shape index (κ1) is 17.4. The molecule has 2 rings (SSSR count). The van der Waals surface area contributed by atoms with Crippen LogP contribution in [0.4, 0.5) is 5.69 Å². The van der Waals surface area contributed by atoms with Crippen LogP contribution in [-0.4, -0.2) is 18.3 Å². The summed E-state index contributed by atoms with van der Waals surface area (Å²) in [5.41, 5.74) is 3.20. The lowest BCUT2D eigenvalue weighted by Crippen LogP contribution is -2.32. The maximum Gasteiger partial charge on any atom is 0.265 e. The summed E-state index contributed by atoms with van der Waals surface area (Å²) in [5, 5.41) is 2.97. The van der Waals surface area contributed by atoms with Crippen LogP contribution in [0.2, 0.25) is 0 Å². The highest BCUT2D eigenvalue weighted by molar-refractivity contribution is 7.98. The first-order valence-corrected chi connectivity index (χ1v) is 8.95. The van der Waals surface area contributed by atoms with E-state index < -0.39 is 6.10 Å². The van der Waals surface area contributed by atoms with Gasteiger partial charge in [-0.1, -0.05) is 25.1 Å². The fourth-order valence-corrected chi connectivity index (χ4v) is 2.79. The Bertz CT molecular complexity index is 685. The molecule has 0 aliphatic rings. The average molecular weight is 329 g/mol. The second-order valence-electron chi connectivity index (χ2n) is 5.45. The number of thioether (sulfide) groups is 1. The molecular weight excluding hydrogens is 306 g/mol. The number of rotatable bonds is 6. The fourth-order valence-electron chi connectivity index (χ4n) is 2.23. The van der Waals surface area contributed by atoms with E-state index >= 15 is 0 Å². The molecule has 0 saturated heterocycles. The van der Waals surface area contributed by atoms with Crippen molar-refractivity contribution in [3.05, 3.63) is 53.6 Å². The fraction of sp³-hybridized carbons (Fsp3) is 0.316. The molecule has 0 aromatic heterocycles. The summed E-state index contributed by atoms with van der Waals surface area (Å²) in [6.07, 6.45) is 2.10. The number of hydrogen-bond donors (Lipinski definition) is 1. The average Bonchev–Trinajstić information content (AvgIpc) is 2.56. The molecule has 0 bridgehead atoms. The van der Waals surface area contributed by atoms with Gasteiger partial charge in [0.1, 0.15) is 5.75 Å². The van der Waals surface area contributed by atoms with Crippen molar-refractivity contribution in [1.29, 1.82) is 0 Å². The maximum absolute atomic E-state index is 12.5. The van der Waals surface area contributed by atoms with Gasteiger partial charge in [-0.3, -0.25) is 4.79 Å². The van der Waals surface area contributed by atoms with Gasteiger partial charge in [-0.25, -0.2) is 0 Å². The number of carbonyl (C=O) groups is 1. The molecule has 2 aromatic carbocycles. The van der Waals surface area contributed by atoms with E-state index in [2.05, 4.69) is 12.2 Å². The van der Waals surface area contributed by atoms with Crippen LogP contribution < -0.4 is 10.1 Å². The van der Waals surface area contributed by atoms with Gasteiger partial charge in [-0.15, -0.1) is 11.8 Å². The van der Waals surface area contributed by atoms with Crippen LogP contribution in [0.25, 0.3) is 0 Å². The lowest BCUT2D eigenvalue weighted by Gasteiger charge is -2.19. The normalized spacial score (nSPS) is 11.8. The molecule has 23 heavy (non-hydrogen) atoms. The molecule has 0 aliphatic heterocycles. The van der Waals surface area contributed by atoms with Crippen LogP contribution in [0.1, 0.15) is 24.5 Å². The zero-order valence-electron chi connectivity index (χ0n) is 14.1. The minimum Gasteiger partial charge on any atom is -0.481 e. The number of benzene rings is 2. The minimum absolute atomic E-state index is 0.118. The predicted molar refractivity (Wildman–Crippen MR) is 97.5 cm³/mol. The zero-order valence-corrected chi connectivity index (χ0v) is 14.9. The summed E-state index contributed by atoms with van der Waals surface area (Å²) in [6.45, 7) is 6.05. The van der Waals surface area contributed by atoms with Crippen molar-refractivity contribution in [3.8, 4) is 5.75 Å². The standard InChI is InChI=1S/C19H23NO2S/c1-5-17(22-15-11-10-13(2)14(3)12-15)19(21)20-16-8-6-7-9-18(16)23-4/h6-12,17H,5H2,1-4H3,(H,20,21). The quantitative estimate of drug-likeness (QED) is 0.772. The summed E-state index contributed by atoms with van der Waals surface area (Å²) < 4.78 is 5.89. The van der Waals surface area contributed by atoms with Crippen molar-refractivity contribution in [2.75, 3.05) is 11.6 Å². The highest BCUT2D eigenvalue weighted by atomic mass is 32.2. The zero-order chi connectivity index (χ0) is 16.8. The molecule has 1 atom stereocenters. The SMILES string of the molecule is CCC(Oc1ccc(C)c(C)c1)C(=O)Nc1ccccc1SC. The van der Waals surface area contributed by atoms with E-state index in [-0.39, 0.29) is 5.91 Å². The third-order valence-corrected chi connectivity index (χ3v) is 4.58. The van der Waals surface area contributed by atoms with Gasteiger partial charge >= 0.3 is 0 Å². The van der Waals surface area contributed by atoms with Gasteiger partial charge in [-0.2, -0.15) is 0 Å². The maximum atomic E-state index is 12.5. The van der Waals surface area contributed by atoms with Crippen molar-refractivity contribution < 1.29 is 9.53 Å². The third-order valence-electron chi connectivity index (χ3n) is 3.78. The summed E-state index contributed by atoms with van der Waals surface area (Å²) in [4.78, 5) is 13.6. The molecule has 4 heteroatoms. The molecular formula is C19H23NO2S. The number of hydrogen-bond acceptors (Lipinski definition) is 3. The first-order chi connectivity index (χ1) is 11.0. The van der Waals surface area contributed by atoms with Crippen LogP contribution in [0, 0.1) is 13.8 Å². The Hall–Kier alpha value is -1.94. The second kappa shape index (κ2) is 8.06. The number of para-hydroxylation sites is 1. The molecule has 1 N–H and O–H groups in total. The van der Waals surface area contributed by atoms with Crippen LogP contribution >= 0.6 is 11.8 Å². The van der Waals surface area contributed by atoms with Crippen molar-refractivity contribution in [2.24, 2.45) is 0 Å². The lowest BCUT2D eigenvalue weighted by molar-refractivity contribution is -0.122. The Morgan fingerprint density at radius 2 is 1.91 bits per heavy atom. The molecule has 0 heterocycles. The Kier molecular flexibility index (Phi) is 6.11. The predicted octanol–water partition coefficient (Wildman–Crippen LogP) is 4.82. The number of aryl methyl sites for hydroxylation is 2. The van der Waals surface area contributed by atoms with E-state index in [0.29, 0.717) is 6.42 Å². The van der Waals surface area contributed by atoms with E-state index in [4.69, 9.17) is 4.74 Å². The Balaban J connectivity index is 2.10. The summed E-state index contributed by atoms with van der Waals surface area (Å²) in [7, 11) is 0. The molecule has 0 saturated carbocycles. The summed E-state index contributed by atoms with van der Waals surface area (Å²) in [5.74, 6) is 0.612. The Labute approximate surface area is 142 Å². The minimum atomic E-state index is -0.507. The Morgan fingerprint density at radius 1 is 1.17 bits per heavy atom. The van der Waals surface area contributed by atoms with Crippen molar-refractivity contribution in [1.82, 2.24) is 0 Å². The number of anilines is 1. The molecule has 2 aromatic rings. The van der Waals surface area contributed by atoms with Gasteiger partial charge in [0.05, 0.1) is 5.69 Å². The molecule has 0 radical (unpaired) electrons. The number of carbonyl (C=O) groups excluding carboxylic acids is 1. The van der Waals surface area contributed by atoms with E-state index in [1.807, 2.05) is 62.6 Å². The van der Waals surface area contributed by atoms with Crippen molar-refractivity contribution in [2.45, 2.75) is 38.2 Å². The van der Waals surface area contributed by atoms with E-state index in [9.17, 15) is 4.79 Å². The molecule has 1 unspecified atom stereocenters. The van der Waals surface area contributed by atoms with E-state index in [1.165, 1.54) is 5.56 Å². The second-order valence-corrected chi connectivity index (χ2v) is 6.30. The third kappa shape index (κ3) is 4.52. The van der Waals surface area contributed by atoms with E-state index in [1.54, 1.807) is 11.8 Å². The van der Waals surface area contributed by atoms with Gasteiger partial charge in [0.2, 0.25) is 0 Å². The van der Waals surface area contributed by atoms with Gasteiger partial charge < -0.3 is 10.1 Å². The Morgan fingerprint density at radius 3 is 2.57 bits per heavy atom. The van der Waals surface area contributed by atoms with E-state index in [0.717, 1.165) is 21.9 Å². The summed E-state index contributed by atoms with van der Waals surface area (Å²) in [6, 6.07) is 13.7. The molecule has 0 fully saturated rings. The van der Waals surface area contributed by atoms with Crippen LogP contribution in [0.15, 0.2) is 47.4 Å². The molecule has 1 amide bonds. The highest BCUT2D eigenvalue weighted by Gasteiger charge is 2.19. The smallest absolute Gasteiger partial charge is 0.265 e. The number of ether oxygens (including phenoxy) is 1. The number of amides is 1. The van der Waals surface area contributed by atoms with Crippen molar-refractivity contribution in [3.63, 3.8) is 0 Å².